The van der Waals surface area contributed by atoms with Gasteiger partial charge in [0, 0.05) is 18.5 Å². The van der Waals surface area contributed by atoms with Gasteiger partial charge in [-0.1, -0.05) is 38.1 Å². The van der Waals surface area contributed by atoms with Crippen molar-refractivity contribution in [1.82, 2.24) is 5.32 Å². The highest BCUT2D eigenvalue weighted by Gasteiger charge is 2.29. The molecule has 0 atom stereocenters. The van der Waals surface area contributed by atoms with E-state index < -0.39 is 11.7 Å². The molecule has 124 valence electrons. The van der Waals surface area contributed by atoms with Crippen LogP contribution in [0.5, 0.6) is 5.75 Å². The van der Waals surface area contributed by atoms with Crippen molar-refractivity contribution < 1.29 is 18.3 Å². The maximum atomic E-state index is 12.5. The van der Waals surface area contributed by atoms with Crippen molar-refractivity contribution in [1.29, 1.82) is 0 Å². The van der Waals surface area contributed by atoms with Crippen LogP contribution in [0, 0.1) is 0 Å². The average molecular weight is 323 g/mol. The van der Waals surface area contributed by atoms with E-state index in [2.05, 4.69) is 19.2 Å². The first-order valence-electron chi connectivity index (χ1n) is 7.35. The minimum Gasteiger partial charge on any atom is -0.508 e. The number of rotatable bonds is 5. The Morgan fingerprint density at radius 1 is 0.870 bits per heavy atom. The van der Waals surface area contributed by atoms with Crippen LogP contribution < -0.4 is 5.32 Å². The lowest BCUT2D eigenvalue weighted by atomic mass is 9.84. The second-order valence-electron chi connectivity index (χ2n) is 6.23. The van der Waals surface area contributed by atoms with Gasteiger partial charge in [0.05, 0.1) is 5.56 Å². The largest absolute Gasteiger partial charge is 0.508 e. The van der Waals surface area contributed by atoms with Crippen LogP contribution in [0.4, 0.5) is 13.2 Å². The van der Waals surface area contributed by atoms with E-state index in [-0.39, 0.29) is 11.2 Å². The summed E-state index contributed by atoms with van der Waals surface area (Å²) >= 11 is 0. The fourth-order valence-electron chi connectivity index (χ4n) is 2.35. The van der Waals surface area contributed by atoms with Gasteiger partial charge in [0.15, 0.2) is 0 Å². The molecule has 0 unspecified atom stereocenters. The van der Waals surface area contributed by atoms with Gasteiger partial charge >= 0.3 is 6.18 Å². The van der Waals surface area contributed by atoms with Gasteiger partial charge in [-0.3, -0.25) is 0 Å². The van der Waals surface area contributed by atoms with Crippen molar-refractivity contribution in [2.45, 2.75) is 32.0 Å². The Hall–Kier alpha value is -2.01. The van der Waals surface area contributed by atoms with Gasteiger partial charge in [0.25, 0.3) is 0 Å². The van der Waals surface area contributed by atoms with Crippen LogP contribution in [0.1, 0.15) is 30.5 Å². The monoisotopic (exact) mass is 323 g/mol. The second kappa shape index (κ2) is 6.62. The second-order valence-corrected chi connectivity index (χ2v) is 6.23. The number of phenolic OH excluding ortho intramolecular Hbond substituents is 1. The molecule has 0 saturated heterocycles. The van der Waals surface area contributed by atoms with Crippen molar-refractivity contribution in [3.8, 4) is 5.75 Å². The molecule has 2 aromatic rings. The fourth-order valence-corrected chi connectivity index (χ4v) is 2.35. The number of hydrogen-bond acceptors (Lipinski definition) is 2. The predicted molar refractivity (Wildman–Crippen MR) is 84.3 cm³/mol. The summed E-state index contributed by atoms with van der Waals surface area (Å²) in [5, 5.41) is 12.6. The van der Waals surface area contributed by atoms with E-state index in [1.807, 2.05) is 12.1 Å². The molecule has 0 heterocycles. The molecule has 2 N–H and O–H groups in total. The van der Waals surface area contributed by atoms with Crippen LogP contribution in [0.25, 0.3) is 0 Å². The maximum absolute atomic E-state index is 12.5. The molecule has 0 bridgehead atoms. The highest BCUT2D eigenvalue weighted by molar-refractivity contribution is 5.31. The number of alkyl halides is 3. The molecule has 2 aromatic carbocycles. The van der Waals surface area contributed by atoms with E-state index in [4.69, 9.17) is 0 Å². The van der Waals surface area contributed by atoms with Gasteiger partial charge in [-0.05, 0) is 35.4 Å². The van der Waals surface area contributed by atoms with E-state index in [0.717, 1.165) is 23.3 Å². The summed E-state index contributed by atoms with van der Waals surface area (Å²) in [5.41, 5.74) is 1.10. The molecular formula is C18H20F3NO. The number of hydrogen-bond donors (Lipinski definition) is 2. The summed E-state index contributed by atoms with van der Waals surface area (Å²) in [6, 6.07) is 12.2. The van der Waals surface area contributed by atoms with Crippen molar-refractivity contribution >= 4 is 0 Å². The molecule has 0 amide bonds. The van der Waals surface area contributed by atoms with Crippen molar-refractivity contribution in [2.75, 3.05) is 6.54 Å². The molecule has 0 spiro atoms. The summed E-state index contributed by atoms with van der Waals surface area (Å²) in [6.45, 7) is 5.30. The normalized spacial score (nSPS) is 12.4. The Bertz CT molecular complexity index is 631. The zero-order valence-corrected chi connectivity index (χ0v) is 13.1. The van der Waals surface area contributed by atoms with Crippen molar-refractivity contribution in [2.24, 2.45) is 0 Å². The molecule has 23 heavy (non-hydrogen) atoms. The van der Waals surface area contributed by atoms with E-state index >= 15 is 0 Å². The summed E-state index contributed by atoms with van der Waals surface area (Å²) in [6.07, 6.45) is -4.30. The third-order valence-corrected chi connectivity index (χ3v) is 3.83. The molecule has 0 aliphatic rings. The number of benzene rings is 2. The van der Waals surface area contributed by atoms with Crippen molar-refractivity contribution in [3.63, 3.8) is 0 Å². The van der Waals surface area contributed by atoms with E-state index in [9.17, 15) is 18.3 Å². The maximum Gasteiger partial charge on any atom is 0.416 e. The van der Waals surface area contributed by atoms with E-state index in [1.165, 1.54) is 12.1 Å². The third kappa shape index (κ3) is 4.73. The summed E-state index contributed by atoms with van der Waals surface area (Å²) in [7, 11) is 0. The van der Waals surface area contributed by atoms with Gasteiger partial charge in [-0.2, -0.15) is 13.2 Å². The molecular weight excluding hydrogens is 303 g/mol. The zero-order chi connectivity index (χ0) is 17.1. The number of nitrogens with one attached hydrogen (secondary N) is 1. The molecule has 0 aromatic heterocycles. The molecule has 2 rings (SSSR count). The molecule has 5 heteroatoms. The van der Waals surface area contributed by atoms with Gasteiger partial charge in [0.2, 0.25) is 0 Å². The Labute approximate surface area is 134 Å². The average Bonchev–Trinajstić information content (AvgIpc) is 2.47. The Kier molecular flexibility index (Phi) is 5.00. The smallest absolute Gasteiger partial charge is 0.416 e. The lowest BCUT2D eigenvalue weighted by Crippen LogP contribution is -2.32. The minimum absolute atomic E-state index is 0.153. The summed E-state index contributed by atoms with van der Waals surface area (Å²) < 4.78 is 37.5. The summed E-state index contributed by atoms with van der Waals surface area (Å²) in [4.78, 5) is 0. The number of aromatic hydroxyl groups is 1. The Morgan fingerprint density at radius 2 is 1.39 bits per heavy atom. The molecule has 0 fully saturated rings. The molecule has 0 saturated carbocycles. The molecule has 0 radical (unpaired) electrons. The predicted octanol–water partition coefficient (Wildman–Crippen LogP) is 4.48. The summed E-state index contributed by atoms with van der Waals surface area (Å²) in [5.74, 6) is 0.224. The standard InChI is InChI=1S/C18H20F3NO/c1-17(2,14-7-9-16(23)10-8-14)12-22-11-13-3-5-15(6-4-13)18(19,20)21/h3-10,22-23H,11-12H2,1-2H3. The first-order valence-corrected chi connectivity index (χ1v) is 7.35. The highest BCUT2D eigenvalue weighted by atomic mass is 19.4. The van der Waals surface area contributed by atoms with E-state index in [1.54, 1.807) is 12.1 Å². The van der Waals surface area contributed by atoms with Crippen LogP contribution in [0.15, 0.2) is 48.5 Å². The minimum atomic E-state index is -4.30. The molecule has 2 nitrogen and oxygen atoms in total. The first-order chi connectivity index (χ1) is 10.7. The SMILES string of the molecule is CC(C)(CNCc1ccc(C(F)(F)F)cc1)c1ccc(O)cc1. The first kappa shape index (κ1) is 17.3. The zero-order valence-electron chi connectivity index (χ0n) is 13.1. The topological polar surface area (TPSA) is 32.3 Å². The number of phenols is 1. The van der Waals surface area contributed by atoms with Crippen LogP contribution in [-0.4, -0.2) is 11.7 Å². The van der Waals surface area contributed by atoms with Gasteiger partial charge in [-0.25, -0.2) is 0 Å². The van der Waals surface area contributed by atoms with Gasteiger partial charge in [-0.15, -0.1) is 0 Å². The van der Waals surface area contributed by atoms with Gasteiger partial charge in [0.1, 0.15) is 5.75 Å². The molecule has 0 aliphatic heterocycles. The van der Waals surface area contributed by atoms with Crippen LogP contribution in [0.3, 0.4) is 0 Å². The van der Waals surface area contributed by atoms with Crippen LogP contribution >= 0.6 is 0 Å². The number of halogens is 3. The van der Waals surface area contributed by atoms with Gasteiger partial charge < -0.3 is 10.4 Å². The lowest BCUT2D eigenvalue weighted by Gasteiger charge is -2.26. The fraction of sp³-hybridized carbons (Fsp3) is 0.333. The van der Waals surface area contributed by atoms with Crippen molar-refractivity contribution in [3.05, 3.63) is 65.2 Å². The molecule has 0 aliphatic carbocycles. The Morgan fingerprint density at radius 3 is 1.91 bits per heavy atom. The highest BCUT2D eigenvalue weighted by Crippen LogP contribution is 2.29. The Balaban J connectivity index is 1.92. The lowest BCUT2D eigenvalue weighted by molar-refractivity contribution is -0.137. The van der Waals surface area contributed by atoms with Crippen LogP contribution in [-0.2, 0) is 18.1 Å². The third-order valence-electron chi connectivity index (χ3n) is 3.83. The van der Waals surface area contributed by atoms with E-state index in [0.29, 0.717) is 13.1 Å². The quantitative estimate of drug-likeness (QED) is 0.850. The van der Waals surface area contributed by atoms with Crippen LogP contribution in [0.2, 0.25) is 0 Å².